The quantitative estimate of drug-likeness (QED) is 0.434. The molecular formula is C23H34N2O4S. The molecule has 0 radical (unpaired) electrons. The number of nitrogens with zero attached hydrogens (tertiary/aromatic N) is 2. The fourth-order valence-electron chi connectivity index (χ4n) is 3.07. The predicted molar refractivity (Wildman–Crippen MR) is 121 cm³/mol. The van der Waals surface area contributed by atoms with Crippen LogP contribution in [0.25, 0.3) is 0 Å². The number of carbonyl (C=O) groups is 1. The standard InChI is InChI=1S/C23H34N2O4S/c1-6-11-25(23(26)16-30-15-20-17(4)24-29-18(20)5)14-19-9-10-21(28-12-7-2)22(13-19)27-8-3/h9-10,13H,6-8,11-12,14-16H2,1-5H3. The van der Waals surface area contributed by atoms with Crippen molar-refractivity contribution in [1.29, 1.82) is 0 Å². The van der Waals surface area contributed by atoms with Gasteiger partial charge in [-0.25, -0.2) is 0 Å². The van der Waals surface area contributed by atoms with Crippen LogP contribution in [-0.4, -0.2) is 41.5 Å². The maximum absolute atomic E-state index is 12.9. The molecule has 0 spiro atoms. The third-order valence-electron chi connectivity index (χ3n) is 4.64. The van der Waals surface area contributed by atoms with E-state index in [9.17, 15) is 4.79 Å². The molecule has 166 valence electrons. The van der Waals surface area contributed by atoms with E-state index in [0.29, 0.717) is 25.5 Å². The fourth-order valence-corrected chi connectivity index (χ4v) is 4.15. The van der Waals surface area contributed by atoms with E-state index in [0.717, 1.165) is 59.2 Å². The molecule has 2 aromatic rings. The number of amides is 1. The number of thioether (sulfide) groups is 1. The molecule has 1 aromatic heterocycles. The highest BCUT2D eigenvalue weighted by Crippen LogP contribution is 2.29. The number of ether oxygens (including phenoxy) is 2. The Balaban J connectivity index is 2.01. The molecule has 0 saturated heterocycles. The van der Waals surface area contributed by atoms with Crippen molar-refractivity contribution >= 4 is 17.7 Å². The Hall–Kier alpha value is -2.15. The van der Waals surface area contributed by atoms with Gasteiger partial charge in [0.05, 0.1) is 24.7 Å². The number of benzene rings is 1. The lowest BCUT2D eigenvalue weighted by atomic mass is 10.1. The number of hydrogen-bond donors (Lipinski definition) is 0. The van der Waals surface area contributed by atoms with Crippen LogP contribution in [0.15, 0.2) is 22.7 Å². The second-order valence-corrected chi connectivity index (χ2v) is 8.16. The Morgan fingerprint density at radius 1 is 1.13 bits per heavy atom. The Morgan fingerprint density at radius 2 is 1.93 bits per heavy atom. The lowest BCUT2D eigenvalue weighted by molar-refractivity contribution is -0.129. The molecule has 2 rings (SSSR count). The minimum absolute atomic E-state index is 0.137. The number of aromatic nitrogens is 1. The average Bonchev–Trinajstić information content (AvgIpc) is 3.05. The van der Waals surface area contributed by atoms with Gasteiger partial charge in [-0.05, 0) is 51.3 Å². The summed E-state index contributed by atoms with van der Waals surface area (Å²) in [5.74, 6) is 3.61. The number of hydrogen-bond acceptors (Lipinski definition) is 6. The number of aryl methyl sites for hydroxylation is 2. The van der Waals surface area contributed by atoms with Crippen molar-refractivity contribution < 1.29 is 18.8 Å². The Labute approximate surface area is 184 Å². The van der Waals surface area contributed by atoms with Crippen LogP contribution in [0.3, 0.4) is 0 Å². The van der Waals surface area contributed by atoms with Crippen molar-refractivity contribution in [2.75, 3.05) is 25.5 Å². The van der Waals surface area contributed by atoms with Gasteiger partial charge in [-0.2, -0.15) is 0 Å². The summed E-state index contributed by atoms with van der Waals surface area (Å²) >= 11 is 1.60. The minimum Gasteiger partial charge on any atom is -0.490 e. The minimum atomic E-state index is 0.137. The van der Waals surface area contributed by atoms with Crippen LogP contribution in [0.1, 0.15) is 56.2 Å². The predicted octanol–water partition coefficient (Wildman–Crippen LogP) is 5.15. The normalized spacial score (nSPS) is 10.8. The van der Waals surface area contributed by atoms with E-state index >= 15 is 0 Å². The summed E-state index contributed by atoms with van der Waals surface area (Å²) in [6.45, 7) is 12.5. The molecule has 6 nitrogen and oxygen atoms in total. The Bertz CT molecular complexity index is 787. The molecule has 0 bridgehead atoms. The molecule has 0 unspecified atom stereocenters. The molecule has 1 heterocycles. The zero-order valence-electron chi connectivity index (χ0n) is 18.8. The smallest absolute Gasteiger partial charge is 0.232 e. The van der Waals surface area contributed by atoms with E-state index in [1.165, 1.54) is 0 Å². The summed E-state index contributed by atoms with van der Waals surface area (Å²) in [5.41, 5.74) is 3.02. The van der Waals surface area contributed by atoms with Crippen molar-refractivity contribution in [3.8, 4) is 11.5 Å². The van der Waals surface area contributed by atoms with Crippen LogP contribution in [0.4, 0.5) is 0 Å². The molecule has 1 amide bonds. The topological polar surface area (TPSA) is 64.8 Å². The average molecular weight is 435 g/mol. The van der Waals surface area contributed by atoms with Crippen molar-refractivity contribution in [1.82, 2.24) is 10.1 Å². The SMILES string of the molecule is CCCOc1ccc(CN(CCC)C(=O)CSCc2c(C)noc2C)cc1OCC. The van der Waals surface area contributed by atoms with Crippen molar-refractivity contribution in [3.63, 3.8) is 0 Å². The third-order valence-corrected chi connectivity index (χ3v) is 5.59. The van der Waals surface area contributed by atoms with Gasteiger partial charge in [0.1, 0.15) is 5.76 Å². The van der Waals surface area contributed by atoms with Gasteiger partial charge in [0.15, 0.2) is 11.5 Å². The Kier molecular flexibility index (Phi) is 10.1. The van der Waals surface area contributed by atoms with E-state index in [1.54, 1.807) is 11.8 Å². The molecule has 30 heavy (non-hydrogen) atoms. The first kappa shape index (κ1) is 24.1. The third kappa shape index (κ3) is 6.97. The van der Waals surface area contributed by atoms with E-state index in [-0.39, 0.29) is 5.91 Å². The summed E-state index contributed by atoms with van der Waals surface area (Å²) in [5, 5.41) is 3.98. The number of rotatable bonds is 13. The van der Waals surface area contributed by atoms with E-state index in [1.807, 2.05) is 43.9 Å². The summed E-state index contributed by atoms with van der Waals surface area (Å²) in [6, 6.07) is 5.94. The molecule has 0 aliphatic carbocycles. The molecule has 0 atom stereocenters. The summed E-state index contributed by atoms with van der Waals surface area (Å²) in [4.78, 5) is 14.8. The van der Waals surface area contributed by atoms with E-state index in [2.05, 4.69) is 19.0 Å². The molecule has 1 aromatic carbocycles. The van der Waals surface area contributed by atoms with Crippen LogP contribution in [-0.2, 0) is 17.1 Å². The second kappa shape index (κ2) is 12.5. The van der Waals surface area contributed by atoms with Crippen molar-refractivity contribution in [3.05, 3.63) is 40.8 Å². The highest BCUT2D eigenvalue weighted by molar-refractivity contribution is 7.99. The van der Waals surface area contributed by atoms with E-state index < -0.39 is 0 Å². The largest absolute Gasteiger partial charge is 0.490 e. The van der Waals surface area contributed by atoms with Crippen LogP contribution >= 0.6 is 11.8 Å². The van der Waals surface area contributed by atoms with Crippen LogP contribution in [0.5, 0.6) is 11.5 Å². The molecular weight excluding hydrogens is 400 g/mol. The first-order valence-corrected chi connectivity index (χ1v) is 11.8. The lowest BCUT2D eigenvalue weighted by Crippen LogP contribution is -2.32. The highest BCUT2D eigenvalue weighted by Gasteiger charge is 2.16. The molecule has 7 heteroatoms. The fraction of sp³-hybridized carbons (Fsp3) is 0.565. The molecule has 0 saturated carbocycles. The number of carbonyl (C=O) groups excluding carboxylic acids is 1. The first-order chi connectivity index (χ1) is 14.5. The van der Waals surface area contributed by atoms with Crippen molar-refractivity contribution in [2.24, 2.45) is 0 Å². The van der Waals surface area contributed by atoms with Gasteiger partial charge >= 0.3 is 0 Å². The van der Waals surface area contributed by atoms with Gasteiger partial charge in [0.25, 0.3) is 0 Å². The van der Waals surface area contributed by atoms with Gasteiger partial charge in [0, 0.05) is 24.4 Å². The highest BCUT2D eigenvalue weighted by atomic mass is 32.2. The van der Waals surface area contributed by atoms with Gasteiger partial charge in [-0.15, -0.1) is 11.8 Å². The summed E-state index contributed by atoms with van der Waals surface area (Å²) < 4.78 is 16.7. The van der Waals surface area contributed by atoms with Crippen LogP contribution in [0, 0.1) is 13.8 Å². The van der Waals surface area contributed by atoms with Gasteiger partial charge in [-0.3, -0.25) is 4.79 Å². The molecule has 0 N–H and O–H groups in total. The zero-order chi connectivity index (χ0) is 21.9. The zero-order valence-corrected chi connectivity index (χ0v) is 19.6. The van der Waals surface area contributed by atoms with Crippen LogP contribution in [0.2, 0.25) is 0 Å². The van der Waals surface area contributed by atoms with Crippen LogP contribution < -0.4 is 9.47 Å². The monoisotopic (exact) mass is 434 g/mol. The maximum Gasteiger partial charge on any atom is 0.232 e. The maximum atomic E-state index is 12.9. The summed E-state index contributed by atoms with van der Waals surface area (Å²) in [6.07, 6.45) is 1.86. The van der Waals surface area contributed by atoms with Gasteiger partial charge in [-0.1, -0.05) is 25.1 Å². The second-order valence-electron chi connectivity index (χ2n) is 7.17. The van der Waals surface area contributed by atoms with Crippen molar-refractivity contribution in [2.45, 2.75) is 59.8 Å². The van der Waals surface area contributed by atoms with E-state index in [4.69, 9.17) is 14.0 Å². The summed E-state index contributed by atoms with van der Waals surface area (Å²) in [7, 11) is 0. The molecule has 0 aliphatic heterocycles. The lowest BCUT2D eigenvalue weighted by Gasteiger charge is -2.23. The first-order valence-electron chi connectivity index (χ1n) is 10.7. The molecule has 0 aliphatic rings. The Morgan fingerprint density at radius 3 is 2.57 bits per heavy atom. The van der Waals surface area contributed by atoms with Gasteiger partial charge < -0.3 is 18.9 Å². The molecule has 0 fully saturated rings. The van der Waals surface area contributed by atoms with Gasteiger partial charge in [0.2, 0.25) is 5.91 Å².